The lowest BCUT2D eigenvalue weighted by Gasteiger charge is -1.97. The quantitative estimate of drug-likeness (QED) is 0.664. The van der Waals surface area contributed by atoms with Crippen LogP contribution in [-0.2, 0) is 6.42 Å². The molecule has 0 fully saturated rings. The van der Waals surface area contributed by atoms with Crippen LogP contribution in [0.1, 0.15) is 24.5 Å². The highest BCUT2D eigenvalue weighted by atomic mass is 19.3. The normalized spacial score (nSPS) is 9.25. The number of benzene rings is 1. The fraction of sp³-hybridized carbons (Fsp3) is 0.231. The van der Waals surface area contributed by atoms with Crippen molar-refractivity contribution in [1.82, 2.24) is 0 Å². The topological polar surface area (TPSA) is 0 Å². The van der Waals surface area contributed by atoms with Gasteiger partial charge in [-0.3, -0.25) is 0 Å². The van der Waals surface area contributed by atoms with E-state index in [0.29, 0.717) is 5.56 Å². The van der Waals surface area contributed by atoms with Crippen molar-refractivity contribution in [3.63, 3.8) is 0 Å². The molecule has 1 rings (SSSR count). The lowest BCUT2D eigenvalue weighted by molar-refractivity contribution is 0.389. The maximum absolute atomic E-state index is 12.4. The predicted octanol–water partition coefficient (Wildman–Crippen LogP) is 4.07. The van der Waals surface area contributed by atoms with Gasteiger partial charge in [0.25, 0.3) is 0 Å². The van der Waals surface area contributed by atoms with Crippen LogP contribution in [0.25, 0.3) is 0 Å². The molecule has 0 saturated carbocycles. The first-order valence-electron chi connectivity index (χ1n) is 4.95. The van der Waals surface area contributed by atoms with Crippen LogP contribution in [-0.4, -0.2) is 0 Å². The molecule has 0 aliphatic rings. The van der Waals surface area contributed by atoms with Crippen molar-refractivity contribution < 1.29 is 13.2 Å². The Bertz CT molecular complexity index is 428. The Morgan fingerprint density at radius 3 is 2.25 bits per heavy atom. The molecule has 0 N–H and O–H groups in total. The van der Waals surface area contributed by atoms with Crippen LogP contribution in [0.4, 0.5) is 13.2 Å². The Morgan fingerprint density at radius 1 is 1.12 bits per heavy atom. The number of hydrogen-bond acceptors (Lipinski definition) is 0. The highest BCUT2D eigenvalue weighted by molar-refractivity contribution is 5.40. The third-order valence-corrected chi connectivity index (χ3v) is 1.98. The van der Waals surface area contributed by atoms with Gasteiger partial charge in [0.15, 0.2) is 0 Å². The lowest BCUT2D eigenvalue weighted by Crippen LogP contribution is -1.83. The molecular formula is C13H11F3. The van der Waals surface area contributed by atoms with E-state index >= 15 is 0 Å². The van der Waals surface area contributed by atoms with Crippen LogP contribution in [0.5, 0.6) is 0 Å². The summed E-state index contributed by atoms with van der Waals surface area (Å²) in [6.45, 7) is 2.07. The van der Waals surface area contributed by atoms with Crippen LogP contribution in [0.3, 0.4) is 0 Å². The molecule has 0 aliphatic carbocycles. The van der Waals surface area contributed by atoms with Crippen LogP contribution >= 0.6 is 0 Å². The van der Waals surface area contributed by atoms with E-state index in [4.69, 9.17) is 0 Å². The summed E-state index contributed by atoms with van der Waals surface area (Å²) >= 11 is 0. The minimum Gasteiger partial charge on any atom is -0.191 e. The van der Waals surface area contributed by atoms with Gasteiger partial charge in [0.05, 0.1) is 0 Å². The fourth-order valence-electron chi connectivity index (χ4n) is 1.22. The molecule has 16 heavy (non-hydrogen) atoms. The zero-order chi connectivity index (χ0) is 12.0. The summed E-state index contributed by atoms with van der Waals surface area (Å²) in [6.07, 6.45) is -0.383. The van der Waals surface area contributed by atoms with Crippen LogP contribution in [0.2, 0.25) is 0 Å². The summed E-state index contributed by atoms with van der Waals surface area (Å²) in [5, 5.41) is 0. The maximum Gasteiger partial charge on any atom is 0.314 e. The average Bonchev–Trinajstić information content (AvgIpc) is 2.28. The van der Waals surface area contributed by atoms with Gasteiger partial charge in [-0.05, 0) is 30.0 Å². The zero-order valence-electron chi connectivity index (χ0n) is 8.86. The summed E-state index contributed by atoms with van der Waals surface area (Å²) in [4.78, 5) is 0. The van der Waals surface area contributed by atoms with Gasteiger partial charge in [-0.2, -0.15) is 13.2 Å². The van der Waals surface area contributed by atoms with Crippen molar-refractivity contribution in [1.29, 1.82) is 0 Å². The Labute approximate surface area is 92.8 Å². The molecule has 0 amide bonds. The molecule has 0 bridgehead atoms. The Kier molecular flexibility index (Phi) is 4.65. The molecule has 0 unspecified atom stereocenters. The van der Waals surface area contributed by atoms with E-state index in [1.165, 1.54) is 0 Å². The Hall–Kier alpha value is -1.69. The molecule has 1 aromatic rings. The van der Waals surface area contributed by atoms with Gasteiger partial charge in [-0.1, -0.05) is 31.4 Å². The number of hydrogen-bond donors (Lipinski definition) is 0. The number of rotatable bonds is 2. The smallest absolute Gasteiger partial charge is 0.191 e. The third-order valence-electron chi connectivity index (χ3n) is 1.98. The minimum atomic E-state index is -2.38. The molecule has 0 saturated heterocycles. The summed E-state index contributed by atoms with van der Waals surface area (Å²) in [7, 11) is 0. The van der Waals surface area contributed by atoms with Crippen LogP contribution < -0.4 is 0 Å². The van der Waals surface area contributed by atoms with E-state index in [1.54, 1.807) is 18.1 Å². The second-order valence-corrected chi connectivity index (χ2v) is 3.27. The standard InChI is InChI=1S/C13H11F3/c1-2-3-10-4-6-11(7-5-10)8-9-12(14)13(15)16/h4-7H,2-3H2,1H3. The molecule has 0 spiro atoms. The zero-order valence-corrected chi connectivity index (χ0v) is 8.86. The highest BCUT2D eigenvalue weighted by Crippen LogP contribution is 2.09. The van der Waals surface area contributed by atoms with E-state index in [9.17, 15) is 13.2 Å². The molecule has 0 heterocycles. The van der Waals surface area contributed by atoms with Crippen molar-refractivity contribution >= 4 is 0 Å². The third kappa shape index (κ3) is 3.82. The number of allylic oxidation sites excluding steroid dienone is 1. The van der Waals surface area contributed by atoms with Gasteiger partial charge in [0, 0.05) is 5.56 Å². The largest absolute Gasteiger partial charge is 0.314 e. The highest BCUT2D eigenvalue weighted by Gasteiger charge is 1.99. The molecule has 0 aromatic heterocycles. The fourth-order valence-corrected chi connectivity index (χ4v) is 1.22. The predicted molar refractivity (Wildman–Crippen MR) is 57.7 cm³/mol. The molecule has 84 valence electrons. The first kappa shape index (κ1) is 12.4. The van der Waals surface area contributed by atoms with E-state index in [1.807, 2.05) is 12.1 Å². The Morgan fingerprint density at radius 2 is 1.75 bits per heavy atom. The molecule has 0 nitrogen and oxygen atoms in total. The summed E-state index contributed by atoms with van der Waals surface area (Å²) in [5.74, 6) is 2.43. The monoisotopic (exact) mass is 224 g/mol. The van der Waals surface area contributed by atoms with Crippen molar-refractivity contribution in [2.75, 3.05) is 0 Å². The molecular weight excluding hydrogens is 213 g/mol. The molecule has 0 atom stereocenters. The number of aryl methyl sites for hydroxylation is 1. The SMILES string of the molecule is CCCc1ccc(C#CC(F)=C(F)F)cc1. The van der Waals surface area contributed by atoms with Crippen molar-refractivity contribution in [3.05, 3.63) is 47.3 Å². The number of halogens is 3. The lowest BCUT2D eigenvalue weighted by atomic mass is 10.1. The first-order chi connectivity index (χ1) is 7.63. The van der Waals surface area contributed by atoms with Crippen molar-refractivity contribution in [2.45, 2.75) is 19.8 Å². The van der Waals surface area contributed by atoms with Gasteiger partial charge in [0.1, 0.15) is 0 Å². The summed E-state index contributed by atoms with van der Waals surface area (Å²) in [5.41, 5.74) is 1.68. The van der Waals surface area contributed by atoms with Gasteiger partial charge in [-0.15, -0.1) is 0 Å². The van der Waals surface area contributed by atoms with E-state index in [2.05, 4.69) is 12.8 Å². The average molecular weight is 224 g/mol. The molecule has 3 heteroatoms. The maximum atomic E-state index is 12.4. The van der Waals surface area contributed by atoms with Gasteiger partial charge < -0.3 is 0 Å². The van der Waals surface area contributed by atoms with E-state index in [-0.39, 0.29) is 0 Å². The molecule has 0 radical (unpaired) electrons. The van der Waals surface area contributed by atoms with Crippen molar-refractivity contribution in [2.24, 2.45) is 0 Å². The van der Waals surface area contributed by atoms with E-state index < -0.39 is 11.9 Å². The minimum absolute atomic E-state index is 0.524. The van der Waals surface area contributed by atoms with Gasteiger partial charge >= 0.3 is 6.08 Å². The summed E-state index contributed by atoms with van der Waals surface area (Å²) in [6, 6.07) is 7.12. The van der Waals surface area contributed by atoms with Crippen molar-refractivity contribution in [3.8, 4) is 11.8 Å². The van der Waals surface area contributed by atoms with Gasteiger partial charge in [0.2, 0.25) is 5.83 Å². The summed E-state index contributed by atoms with van der Waals surface area (Å²) < 4.78 is 35.8. The van der Waals surface area contributed by atoms with Crippen LogP contribution in [0.15, 0.2) is 36.2 Å². The second kappa shape index (κ2) is 6.02. The second-order valence-electron chi connectivity index (χ2n) is 3.27. The first-order valence-corrected chi connectivity index (χ1v) is 4.95. The Balaban J connectivity index is 2.80. The van der Waals surface area contributed by atoms with Crippen LogP contribution in [0, 0.1) is 11.8 Å². The molecule has 0 aliphatic heterocycles. The van der Waals surface area contributed by atoms with E-state index in [0.717, 1.165) is 18.4 Å². The van der Waals surface area contributed by atoms with Gasteiger partial charge in [-0.25, -0.2) is 0 Å². The molecule has 1 aromatic carbocycles.